The van der Waals surface area contributed by atoms with Crippen molar-refractivity contribution in [2.45, 2.75) is 103 Å². The van der Waals surface area contributed by atoms with Gasteiger partial charge < -0.3 is 0 Å². The Morgan fingerprint density at radius 3 is 1.77 bits per heavy atom. The van der Waals surface area contributed by atoms with Gasteiger partial charge in [0.2, 0.25) is 0 Å². The molecule has 0 unspecified atom stereocenters. The Hall–Kier alpha value is -0.863. The van der Waals surface area contributed by atoms with E-state index in [2.05, 4.69) is 85.8 Å². The van der Waals surface area contributed by atoms with E-state index in [0.29, 0.717) is 0 Å². The maximum Gasteiger partial charge on any atom is 0.0776 e. The van der Waals surface area contributed by atoms with Gasteiger partial charge in [-0.1, -0.05) is 130 Å². The summed E-state index contributed by atoms with van der Waals surface area (Å²) in [6.07, 6.45) is 13.3. The summed E-state index contributed by atoms with van der Waals surface area (Å²) in [6, 6.07) is 14.6. The van der Waals surface area contributed by atoms with E-state index in [1.54, 1.807) is 16.3 Å². The smallest absolute Gasteiger partial charge is 0.0656 e. The number of hydrogen-bond donors (Lipinski definition) is 0. The molecular formula is C28H41BrSi. The summed E-state index contributed by atoms with van der Waals surface area (Å²) in [6.45, 7) is 12.1. The third-order valence-electron chi connectivity index (χ3n) is 7.10. The standard InChI is InChI=1S/C28H41BrSi/c1-6-8-10-12-18-28(19-13-11-9-7-2)26-20-22(29)14-16-24(26)25-17-15-23(21-27(25)28)30(3,4)5/h14-17,20-21H,6-13,18-19H2,1-5H3. The van der Waals surface area contributed by atoms with E-state index in [1.165, 1.54) is 79.8 Å². The monoisotopic (exact) mass is 484 g/mol. The van der Waals surface area contributed by atoms with Crippen LogP contribution < -0.4 is 5.19 Å². The summed E-state index contributed by atoms with van der Waals surface area (Å²) in [5, 5.41) is 1.61. The minimum absolute atomic E-state index is 0.200. The molecule has 1 aliphatic rings. The predicted molar refractivity (Wildman–Crippen MR) is 141 cm³/mol. The maximum atomic E-state index is 3.80. The first-order chi connectivity index (χ1) is 14.3. The van der Waals surface area contributed by atoms with Crippen molar-refractivity contribution in [1.82, 2.24) is 0 Å². The van der Waals surface area contributed by atoms with Crippen molar-refractivity contribution in [1.29, 1.82) is 0 Å². The predicted octanol–water partition coefficient (Wildman–Crippen LogP) is 9.20. The summed E-state index contributed by atoms with van der Waals surface area (Å²) in [7, 11) is -1.35. The highest BCUT2D eigenvalue weighted by Gasteiger charge is 2.42. The molecule has 0 atom stereocenters. The van der Waals surface area contributed by atoms with Gasteiger partial charge >= 0.3 is 0 Å². The lowest BCUT2D eigenvalue weighted by Gasteiger charge is -2.34. The van der Waals surface area contributed by atoms with Crippen LogP contribution in [-0.4, -0.2) is 8.07 Å². The molecule has 164 valence electrons. The highest BCUT2D eigenvalue weighted by molar-refractivity contribution is 9.10. The third-order valence-corrected chi connectivity index (χ3v) is 9.64. The van der Waals surface area contributed by atoms with E-state index < -0.39 is 8.07 Å². The van der Waals surface area contributed by atoms with Crippen molar-refractivity contribution in [3.05, 3.63) is 52.0 Å². The lowest BCUT2D eigenvalue weighted by atomic mass is 9.70. The Morgan fingerprint density at radius 2 is 1.23 bits per heavy atom. The van der Waals surface area contributed by atoms with E-state index >= 15 is 0 Å². The van der Waals surface area contributed by atoms with Crippen LogP contribution in [0.1, 0.15) is 89.2 Å². The van der Waals surface area contributed by atoms with Crippen molar-refractivity contribution in [2.24, 2.45) is 0 Å². The van der Waals surface area contributed by atoms with Crippen molar-refractivity contribution < 1.29 is 0 Å². The quantitative estimate of drug-likeness (QED) is 0.220. The van der Waals surface area contributed by atoms with Gasteiger partial charge in [0.25, 0.3) is 0 Å². The second-order valence-electron chi connectivity index (χ2n) is 10.4. The highest BCUT2D eigenvalue weighted by Crippen LogP contribution is 2.54. The fourth-order valence-electron chi connectivity index (χ4n) is 5.30. The van der Waals surface area contributed by atoms with Crippen LogP contribution in [0.5, 0.6) is 0 Å². The highest BCUT2D eigenvalue weighted by atomic mass is 79.9. The van der Waals surface area contributed by atoms with E-state index in [-0.39, 0.29) is 5.41 Å². The average Bonchev–Trinajstić information content (AvgIpc) is 2.97. The van der Waals surface area contributed by atoms with E-state index in [4.69, 9.17) is 0 Å². The number of rotatable bonds is 11. The number of benzene rings is 2. The second-order valence-corrected chi connectivity index (χ2v) is 16.4. The fourth-order valence-corrected chi connectivity index (χ4v) is 6.83. The molecule has 0 aromatic heterocycles. The molecule has 0 spiro atoms. The zero-order valence-corrected chi connectivity index (χ0v) is 22.5. The minimum atomic E-state index is -1.35. The van der Waals surface area contributed by atoms with Gasteiger partial charge in [-0.2, -0.15) is 0 Å². The van der Waals surface area contributed by atoms with E-state index in [9.17, 15) is 0 Å². The van der Waals surface area contributed by atoms with E-state index in [1.807, 2.05) is 0 Å². The molecule has 0 saturated heterocycles. The van der Waals surface area contributed by atoms with Gasteiger partial charge in [0.15, 0.2) is 0 Å². The van der Waals surface area contributed by atoms with Crippen molar-refractivity contribution in [3.63, 3.8) is 0 Å². The fraction of sp³-hybridized carbons (Fsp3) is 0.571. The Balaban J connectivity index is 2.10. The molecule has 0 radical (unpaired) electrons. The van der Waals surface area contributed by atoms with Crippen LogP contribution in [0.15, 0.2) is 40.9 Å². The average molecular weight is 486 g/mol. The Bertz CT molecular complexity index is 834. The molecule has 0 bridgehead atoms. The molecule has 0 fully saturated rings. The van der Waals surface area contributed by atoms with Crippen LogP contribution in [0.3, 0.4) is 0 Å². The number of fused-ring (bicyclic) bond motifs is 3. The second kappa shape index (κ2) is 10.2. The number of unbranched alkanes of at least 4 members (excludes halogenated alkanes) is 6. The molecule has 2 aromatic rings. The maximum absolute atomic E-state index is 3.80. The molecule has 30 heavy (non-hydrogen) atoms. The zero-order valence-electron chi connectivity index (χ0n) is 19.9. The lowest BCUT2D eigenvalue weighted by molar-refractivity contribution is 0.401. The third kappa shape index (κ3) is 4.96. The minimum Gasteiger partial charge on any atom is -0.0656 e. The van der Waals surface area contributed by atoms with Crippen molar-refractivity contribution in [3.8, 4) is 11.1 Å². The first-order valence-electron chi connectivity index (χ1n) is 12.3. The first-order valence-corrected chi connectivity index (χ1v) is 16.6. The van der Waals surface area contributed by atoms with Crippen molar-refractivity contribution >= 4 is 29.2 Å². The van der Waals surface area contributed by atoms with Gasteiger partial charge in [-0.25, -0.2) is 0 Å². The summed E-state index contributed by atoms with van der Waals surface area (Å²) in [5.41, 5.74) is 6.42. The number of hydrogen-bond acceptors (Lipinski definition) is 0. The molecule has 3 rings (SSSR count). The van der Waals surface area contributed by atoms with Crippen LogP contribution >= 0.6 is 15.9 Å². The van der Waals surface area contributed by atoms with Gasteiger partial charge in [-0.05, 0) is 47.2 Å². The van der Waals surface area contributed by atoms with Gasteiger partial charge in [0.05, 0.1) is 8.07 Å². The largest absolute Gasteiger partial charge is 0.0776 e. The van der Waals surface area contributed by atoms with Crippen LogP contribution in [0.4, 0.5) is 0 Å². The Labute approximate surface area is 195 Å². The molecule has 2 heteroatoms. The van der Waals surface area contributed by atoms with Crippen LogP contribution in [0.25, 0.3) is 11.1 Å². The summed E-state index contributed by atoms with van der Waals surface area (Å²) >= 11 is 3.80. The molecule has 0 heterocycles. The molecule has 0 N–H and O–H groups in total. The summed E-state index contributed by atoms with van der Waals surface area (Å²) in [4.78, 5) is 0. The summed E-state index contributed by atoms with van der Waals surface area (Å²) < 4.78 is 1.23. The van der Waals surface area contributed by atoms with Gasteiger partial charge in [-0.15, -0.1) is 0 Å². The van der Waals surface area contributed by atoms with Crippen LogP contribution in [0, 0.1) is 0 Å². The topological polar surface area (TPSA) is 0 Å². The van der Waals surface area contributed by atoms with Gasteiger partial charge in [0, 0.05) is 9.89 Å². The zero-order chi connectivity index (χ0) is 21.8. The molecule has 0 nitrogen and oxygen atoms in total. The van der Waals surface area contributed by atoms with Gasteiger partial charge in [0.1, 0.15) is 0 Å². The number of halogens is 1. The lowest BCUT2D eigenvalue weighted by Crippen LogP contribution is -2.38. The normalized spacial score (nSPS) is 14.6. The molecule has 0 aliphatic heterocycles. The molecule has 0 saturated carbocycles. The van der Waals surface area contributed by atoms with Crippen LogP contribution in [0.2, 0.25) is 19.6 Å². The van der Waals surface area contributed by atoms with Crippen molar-refractivity contribution in [2.75, 3.05) is 0 Å². The molecular weight excluding hydrogens is 444 g/mol. The van der Waals surface area contributed by atoms with Gasteiger partial charge in [-0.3, -0.25) is 0 Å². The van der Waals surface area contributed by atoms with E-state index in [0.717, 1.165) is 0 Å². The summed E-state index contributed by atoms with van der Waals surface area (Å²) in [5.74, 6) is 0. The Kier molecular flexibility index (Phi) is 8.07. The molecule has 2 aromatic carbocycles. The van der Waals surface area contributed by atoms with Crippen LogP contribution in [-0.2, 0) is 5.41 Å². The Morgan fingerprint density at radius 1 is 0.700 bits per heavy atom. The molecule has 0 amide bonds. The molecule has 1 aliphatic carbocycles. The first kappa shape index (κ1) is 23.8. The SMILES string of the molecule is CCCCCCC1(CCCCCC)c2cc(Br)ccc2-c2ccc([Si](C)(C)C)cc21.